The van der Waals surface area contributed by atoms with E-state index >= 15 is 0 Å². The number of primary amides is 1. The molecule has 0 aliphatic heterocycles. The van der Waals surface area contributed by atoms with Crippen LogP contribution in [-0.4, -0.2) is 12.5 Å². The highest BCUT2D eigenvalue weighted by atomic mass is 127. The molecule has 0 bridgehead atoms. The van der Waals surface area contributed by atoms with Gasteiger partial charge in [0.05, 0.1) is 0 Å². The van der Waals surface area contributed by atoms with E-state index in [-0.39, 0.29) is 11.9 Å². The fourth-order valence-corrected chi connectivity index (χ4v) is 1.64. The molecule has 0 aromatic heterocycles. The Morgan fingerprint density at radius 3 is 2.60 bits per heavy atom. The lowest BCUT2D eigenvalue weighted by molar-refractivity contribution is -0.117. The third-order valence-corrected chi connectivity index (χ3v) is 2.91. The number of amides is 1. The SMILES string of the molecule is CC(NCCC(N)=O)c1ccc(I)cc1. The zero-order chi connectivity index (χ0) is 11.3. The summed E-state index contributed by atoms with van der Waals surface area (Å²) < 4.78 is 1.22. The van der Waals surface area contributed by atoms with E-state index in [1.807, 2.05) is 0 Å². The van der Waals surface area contributed by atoms with Crippen LogP contribution < -0.4 is 11.1 Å². The highest BCUT2D eigenvalue weighted by Gasteiger charge is 2.04. The third kappa shape index (κ3) is 4.61. The van der Waals surface area contributed by atoms with Crippen molar-refractivity contribution in [2.45, 2.75) is 19.4 Å². The van der Waals surface area contributed by atoms with Gasteiger partial charge in [-0.15, -0.1) is 0 Å². The van der Waals surface area contributed by atoms with Crippen molar-refractivity contribution < 1.29 is 4.79 Å². The predicted octanol–water partition coefficient (Wildman–Crippen LogP) is 1.82. The molecular formula is C11H15IN2O. The molecule has 0 radical (unpaired) electrons. The van der Waals surface area contributed by atoms with Crippen LogP contribution in [0.15, 0.2) is 24.3 Å². The Morgan fingerprint density at radius 1 is 1.47 bits per heavy atom. The number of nitrogens with one attached hydrogen (secondary N) is 1. The van der Waals surface area contributed by atoms with E-state index < -0.39 is 0 Å². The van der Waals surface area contributed by atoms with Crippen LogP contribution in [0, 0.1) is 3.57 Å². The van der Waals surface area contributed by atoms with Gasteiger partial charge in [-0.1, -0.05) is 12.1 Å². The summed E-state index contributed by atoms with van der Waals surface area (Å²) in [5.41, 5.74) is 6.28. The molecule has 0 heterocycles. The summed E-state index contributed by atoms with van der Waals surface area (Å²) in [5, 5.41) is 3.25. The lowest BCUT2D eigenvalue weighted by atomic mass is 10.1. The maximum atomic E-state index is 10.5. The summed E-state index contributed by atoms with van der Waals surface area (Å²) in [6.45, 7) is 2.70. The first-order chi connectivity index (χ1) is 7.09. The highest BCUT2D eigenvalue weighted by molar-refractivity contribution is 14.1. The van der Waals surface area contributed by atoms with Crippen molar-refractivity contribution in [1.29, 1.82) is 0 Å². The van der Waals surface area contributed by atoms with Crippen molar-refractivity contribution in [3.8, 4) is 0 Å². The molecule has 1 aromatic carbocycles. The molecule has 82 valence electrons. The summed E-state index contributed by atoms with van der Waals surface area (Å²) in [7, 11) is 0. The van der Waals surface area contributed by atoms with Crippen molar-refractivity contribution in [2.24, 2.45) is 5.73 Å². The molecule has 0 saturated heterocycles. The van der Waals surface area contributed by atoms with Crippen molar-refractivity contribution in [3.05, 3.63) is 33.4 Å². The summed E-state index contributed by atoms with van der Waals surface area (Å²) in [5.74, 6) is -0.266. The van der Waals surface area contributed by atoms with Crippen LogP contribution in [0.25, 0.3) is 0 Å². The van der Waals surface area contributed by atoms with Gasteiger partial charge in [-0.25, -0.2) is 0 Å². The van der Waals surface area contributed by atoms with Crippen molar-refractivity contribution in [3.63, 3.8) is 0 Å². The zero-order valence-electron chi connectivity index (χ0n) is 8.66. The van der Waals surface area contributed by atoms with Gasteiger partial charge in [0.1, 0.15) is 0 Å². The van der Waals surface area contributed by atoms with Gasteiger partial charge < -0.3 is 11.1 Å². The van der Waals surface area contributed by atoms with Gasteiger partial charge in [0.25, 0.3) is 0 Å². The van der Waals surface area contributed by atoms with E-state index in [9.17, 15) is 4.79 Å². The van der Waals surface area contributed by atoms with Gasteiger partial charge in [0.2, 0.25) is 5.91 Å². The molecule has 1 amide bonds. The maximum Gasteiger partial charge on any atom is 0.218 e. The summed E-state index contributed by atoms with van der Waals surface area (Å²) >= 11 is 2.28. The standard InChI is InChI=1S/C11H15IN2O/c1-8(14-7-6-11(13)15)9-2-4-10(12)5-3-9/h2-5,8,14H,6-7H2,1H3,(H2,13,15). The smallest absolute Gasteiger partial charge is 0.218 e. The molecule has 1 atom stereocenters. The van der Waals surface area contributed by atoms with Crippen LogP contribution in [0.3, 0.4) is 0 Å². The fraction of sp³-hybridized carbons (Fsp3) is 0.364. The molecule has 1 unspecified atom stereocenters. The van der Waals surface area contributed by atoms with Crippen LogP contribution in [0.2, 0.25) is 0 Å². The Labute approximate surface area is 104 Å². The zero-order valence-corrected chi connectivity index (χ0v) is 10.8. The topological polar surface area (TPSA) is 55.1 Å². The monoisotopic (exact) mass is 318 g/mol. The van der Waals surface area contributed by atoms with Crippen LogP contribution in [0.5, 0.6) is 0 Å². The average molecular weight is 318 g/mol. The molecule has 0 spiro atoms. The number of hydrogen-bond acceptors (Lipinski definition) is 2. The highest BCUT2D eigenvalue weighted by Crippen LogP contribution is 2.14. The van der Waals surface area contributed by atoms with Crippen molar-refractivity contribution in [2.75, 3.05) is 6.54 Å². The minimum absolute atomic E-state index is 0.251. The average Bonchev–Trinajstić information content (AvgIpc) is 2.18. The largest absolute Gasteiger partial charge is 0.370 e. The lowest BCUT2D eigenvalue weighted by Crippen LogP contribution is -2.24. The number of benzene rings is 1. The van der Waals surface area contributed by atoms with E-state index in [0.717, 1.165) is 0 Å². The Hall–Kier alpha value is -0.620. The number of hydrogen-bond donors (Lipinski definition) is 2. The predicted molar refractivity (Wildman–Crippen MR) is 69.4 cm³/mol. The van der Waals surface area contributed by atoms with Crippen LogP contribution in [0.4, 0.5) is 0 Å². The summed E-state index contributed by atoms with van der Waals surface area (Å²) in [4.78, 5) is 10.5. The first-order valence-corrected chi connectivity index (χ1v) is 5.94. The molecule has 0 saturated carbocycles. The van der Waals surface area contributed by atoms with Gasteiger partial charge >= 0.3 is 0 Å². The quantitative estimate of drug-likeness (QED) is 0.814. The van der Waals surface area contributed by atoms with Crippen LogP contribution in [-0.2, 0) is 4.79 Å². The number of rotatable bonds is 5. The van der Waals surface area contributed by atoms with E-state index in [1.165, 1.54) is 9.13 Å². The maximum absolute atomic E-state index is 10.5. The normalized spacial score (nSPS) is 12.4. The molecule has 1 rings (SSSR count). The minimum atomic E-state index is -0.266. The fourth-order valence-electron chi connectivity index (χ4n) is 1.28. The van der Waals surface area contributed by atoms with Crippen LogP contribution in [0.1, 0.15) is 24.9 Å². The van der Waals surface area contributed by atoms with E-state index in [2.05, 4.69) is 59.1 Å². The van der Waals surface area contributed by atoms with Gasteiger partial charge in [-0.2, -0.15) is 0 Å². The number of carbonyl (C=O) groups excluding carboxylic acids is 1. The Balaban J connectivity index is 2.43. The second kappa shape index (κ2) is 6.07. The molecule has 15 heavy (non-hydrogen) atoms. The summed E-state index contributed by atoms with van der Waals surface area (Å²) in [6.07, 6.45) is 0.384. The van der Waals surface area contributed by atoms with E-state index in [0.29, 0.717) is 13.0 Å². The molecule has 0 fully saturated rings. The molecule has 0 aliphatic carbocycles. The molecule has 3 N–H and O–H groups in total. The number of halogens is 1. The van der Waals surface area contributed by atoms with Crippen LogP contribution >= 0.6 is 22.6 Å². The molecule has 1 aromatic rings. The Bertz CT molecular complexity index is 324. The Morgan fingerprint density at radius 2 is 2.07 bits per heavy atom. The molecule has 0 aliphatic rings. The summed E-state index contributed by atoms with van der Waals surface area (Å²) in [6, 6.07) is 8.57. The second-order valence-electron chi connectivity index (χ2n) is 3.44. The van der Waals surface area contributed by atoms with Gasteiger partial charge in [-0.05, 0) is 47.2 Å². The Kier molecular flexibility index (Phi) is 5.04. The van der Waals surface area contributed by atoms with E-state index in [4.69, 9.17) is 5.73 Å². The third-order valence-electron chi connectivity index (χ3n) is 2.19. The van der Waals surface area contributed by atoms with Crippen molar-refractivity contribution >= 4 is 28.5 Å². The molecular weight excluding hydrogens is 303 g/mol. The van der Waals surface area contributed by atoms with Crippen molar-refractivity contribution in [1.82, 2.24) is 5.32 Å². The first-order valence-electron chi connectivity index (χ1n) is 4.86. The second-order valence-corrected chi connectivity index (χ2v) is 4.69. The van der Waals surface area contributed by atoms with Gasteiger partial charge in [0.15, 0.2) is 0 Å². The van der Waals surface area contributed by atoms with E-state index in [1.54, 1.807) is 0 Å². The lowest BCUT2D eigenvalue weighted by Gasteiger charge is -2.13. The molecule has 3 nitrogen and oxygen atoms in total. The number of carbonyl (C=O) groups is 1. The first kappa shape index (κ1) is 12.4. The minimum Gasteiger partial charge on any atom is -0.370 e. The molecule has 4 heteroatoms. The van der Waals surface area contributed by atoms with Gasteiger partial charge in [0, 0.05) is 22.6 Å². The number of nitrogens with two attached hydrogens (primary N) is 1. The van der Waals surface area contributed by atoms with Gasteiger partial charge in [-0.3, -0.25) is 4.79 Å².